The molecule has 1 saturated carbocycles. The first kappa shape index (κ1) is 9.80. The highest BCUT2D eigenvalue weighted by Gasteiger charge is 2.39. The van der Waals surface area contributed by atoms with E-state index < -0.39 is 18.6 Å². The molecule has 2 nitrogen and oxygen atoms in total. The summed E-state index contributed by atoms with van der Waals surface area (Å²) >= 11 is 0. The third-order valence-corrected chi connectivity index (χ3v) is 1.98. The van der Waals surface area contributed by atoms with Crippen LogP contribution in [0.5, 0.6) is 0 Å². The van der Waals surface area contributed by atoms with Gasteiger partial charge in [0, 0.05) is 7.11 Å². The first-order chi connectivity index (χ1) is 5.53. The summed E-state index contributed by atoms with van der Waals surface area (Å²) in [5.41, 5.74) is 0. The van der Waals surface area contributed by atoms with Crippen LogP contribution in [0, 0.1) is 0 Å². The molecule has 0 amide bonds. The van der Waals surface area contributed by atoms with Gasteiger partial charge in [0.15, 0.2) is 0 Å². The minimum absolute atomic E-state index is 0.397. The molecule has 1 aliphatic carbocycles. The summed E-state index contributed by atoms with van der Waals surface area (Å²) in [5, 5.41) is 0. The number of alkyl halides is 3. The molecule has 0 N–H and O–H groups in total. The fourth-order valence-corrected chi connectivity index (χ4v) is 1.47. The predicted octanol–water partition coefficient (Wildman–Crippen LogP) is 2.09. The highest BCUT2D eigenvalue weighted by Crippen LogP contribution is 2.30. The van der Waals surface area contributed by atoms with E-state index in [4.69, 9.17) is 4.74 Å². The number of ether oxygens (including phenoxy) is 2. The maximum atomic E-state index is 11.7. The van der Waals surface area contributed by atoms with Crippen LogP contribution in [0.2, 0.25) is 0 Å². The van der Waals surface area contributed by atoms with Crippen molar-refractivity contribution in [3.8, 4) is 0 Å². The maximum Gasteiger partial charge on any atom is 0.522 e. The van der Waals surface area contributed by atoms with Gasteiger partial charge >= 0.3 is 6.36 Å². The summed E-state index contributed by atoms with van der Waals surface area (Å²) in [4.78, 5) is 0. The number of hydrogen-bond acceptors (Lipinski definition) is 2. The van der Waals surface area contributed by atoms with Crippen molar-refractivity contribution < 1.29 is 22.6 Å². The van der Waals surface area contributed by atoms with Crippen LogP contribution >= 0.6 is 0 Å². The van der Waals surface area contributed by atoms with Crippen molar-refractivity contribution in [2.75, 3.05) is 7.11 Å². The molecule has 5 heteroatoms. The van der Waals surface area contributed by atoms with Crippen LogP contribution in [0.15, 0.2) is 0 Å². The van der Waals surface area contributed by atoms with E-state index in [0.29, 0.717) is 12.8 Å². The first-order valence-corrected chi connectivity index (χ1v) is 3.80. The minimum atomic E-state index is -4.54. The van der Waals surface area contributed by atoms with Crippen LogP contribution in [0.4, 0.5) is 13.2 Å². The molecule has 0 aromatic heterocycles. The SMILES string of the molecule is COC1CCCC1OC(F)(F)F. The summed E-state index contributed by atoms with van der Waals surface area (Å²) in [6.45, 7) is 0. The molecule has 0 heterocycles. The summed E-state index contributed by atoms with van der Waals surface area (Å²) in [7, 11) is 1.41. The van der Waals surface area contributed by atoms with Crippen LogP contribution in [-0.2, 0) is 9.47 Å². The Balaban J connectivity index is 2.41. The van der Waals surface area contributed by atoms with E-state index in [1.807, 2.05) is 0 Å². The molecule has 0 bridgehead atoms. The standard InChI is InChI=1S/C7H11F3O2/c1-11-5-3-2-4-6(5)12-7(8,9)10/h5-6H,2-4H2,1H3. The summed E-state index contributed by atoms with van der Waals surface area (Å²) in [6.07, 6.45) is -3.93. The highest BCUT2D eigenvalue weighted by atomic mass is 19.4. The first-order valence-electron chi connectivity index (χ1n) is 3.80. The summed E-state index contributed by atoms with van der Waals surface area (Å²) in [5.74, 6) is 0. The molecule has 1 aliphatic rings. The van der Waals surface area contributed by atoms with Gasteiger partial charge in [0.1, 0.15) is 0 Å². The largest absolute Gasteiger partial charge is 0.522 e. The predicted molar refractivity (Wildman–Crippen MR) is 35.6 cm³/mol. The van der Waals surface area contributed by atoms with Crippen LogP contribution in [0.25, 0.3) is 0 Å². The van der Waals surface area contributed by atoms with Gasteiger partial charge in [-0.1, -0.05) is 0 Å². The van der Waals surface area contributed by atoms with Gasteiger partial charge in [-0.3, -0.25) is 4.74 Å². The van der Waals surface area contributed by atoms with E-state index in [9.17, 15) is 13.2 Å². The average Bonchev–Trinajstić information content (AvgIpc) is 2.31. The Morgan fingerprint density at radius 1 is 1.17 bits per heavy atom. The molecule has 72 valence electrons. The number of rotatable bonds is 2. The van der Waals surface area contributed by atoms with Crippen molar-refractivity contribution in [1.29, 1.82) is 0 Å². The Labute approximate surface area is 68.6 Å². The lowest BCUT2D eigenvalue weighted by atomic mass is 10.2. The van der Waals surface area contributed by atoms with Gasteiger partial charge in [-0.15, -0.1) is 13.2 Å². The van der Waals surface area contributed by atoms with E-state index >= 15 is 0 Å². The molecule has 2 atom stereocenters. The molecular weight excluding hydrogens is 173 g/mol. The summed E-state index contributed by atoms with van der Waals surface area (Å²) < 4.78 is 43.9. The topological polar surface area (TPSA) is 18.5 Å². The van der Waals surface area contributed by atoms with Crippen LogP contribution in [0.1, 0.15) is 19.3 Å². The fourth-order valence-electron chi connectivity index (χ4n) is 1.47. The molecule has 0 spiro atoms. The Kier molecular flexibility index (Phi) is 2.95. The van der Waals surface area contributed by atoms with E-state index in [0.717, 1.165) is 6.42 Å². The molecule has 2 unspecified atom stereocenters. The van der Waals surface area contributed by atoms with Crippen LogP contribution in [-0.4, -0.2) is 25.7 Å². The normalized spacial score (nSPS) is 31.0. The molecular formula is C7H11F3O2. The third kappa shape index (κ3) is 2.64. The lowest BCUT2D eigenvalue weighted by Gasteiger charge is -2.19. The van der Waals surface area contributed by atoms with E-state index in [-0.39, 0.29) is 0 Å². The van der Waals surface area contributed by atoms with Crippen LogP contribution in [0.3, 0.4) is 0 Å². The lowest BCUT2D eigenvalue weighted by Crippen LogP contribution is -2.31. The quantitative estimate of drug-likeness (QED) is 0.654. The van der Waals surface area contributed by atoms with Gasteiger partial charge < -0.3 is 4.74 Å². The molecule has 12 heavy (non-hydrogen) atoms. The van der Waals surface area contributed by atoms with Crippen molar-refractivity contribution in [2.24, 2.45) is 0 Å². The van der Waals surface area contributed by atoms with Gasteiger partial charge in [0.2, 0.25) is 0 Å². The second-order valence-corrected chi connectivity index (χ2v) is 2.81. The molecule has 0 saturated heterocycles. The Bertz CT molecular complexity index is 146. The van der Waals surface area contributed by atoms with Gasteiger partial charge in [0.25, 0.3) is 0 Å². The van der Waals surface area contributed by atoms with Gasteiger partial charge in [-0.2, -0.15) is 0 Å². The van der Waals surface area contributed by atoms with E-state index in [2.05, 4.69) is 4.74 Å². The Morgan fingerprint density at radius 3 is 2.25 bits per heavy atom. The van der Waals surface area contributed by atoms with Crippen molar-refractivity contribution in [1.82, 2.24) is 0 Å². The molecule has 1 fully saturated rings. The summed E-state index contributed by atoms with van der Waals surface area (Å²) in [6, 6.07) is 0. The smallest absolute Gasteiger partial charge is 0.379 e. The number of methoxy groups -OCH3 is 1. The van der Waals surface area contributed by atoms with Crippen molar-refractivity contribution in [3.05, 3.63) is 0 Å². The fraction of sp³-hybridized carbons (Fsp3) is 1.00. The zero-order chi connectivity index (χ0) is 9.19. The zero-order valence-electron chi connectivity index (χ0n) is 6.73. The van der Waals surface area contributed by atoms with Crippen molar-refractivity contribution in [3.63, 3.8) is 0 Å². The second kappa shape index (κ2) is 3.62. The molecule has 1 rings (SSSR count). The minimum Gasteiger partial charge on any atom is -0.379 e. The molecule has 0 aliphatic heterocycles. The van der Waals surface area contributed by atoms with Gasteiger partial charge in [-0.05, 0) is 19.3 Å². The van der Waals surface area contributed by atoms with E-state index in [1.54, 1.807) is 0 Å². The Hall–Kier alpha value is -0.290. The Morgan fingerprint density at radius 2 is 1.75 bits per heavy atom. The maximum absolute atomic E-state index is 11.7. The highest BCUT2D eigenvalue weighted by molar-refractivity contribution is 4.78. The van der Waals surface area contributed by atoms with Crippen molar-refractivity contribution in [2.45, 2.75) is 37.8 Å². The lowest BCUT2D eigenvalue weighted by molar-refractivity contribution is -0.349. The zero-order valence-corrected chi connectivity index (χ0v) is 6.73. The second-order valence-electron chi connectivity index (χ2n) is 2.81. The molecule has 0 aromatic rings. The molecule has 0 aromatic carbocycles. The molecule has 0 radical (unpaired) electrons. The van der Waals surface area contributed by atoms with Gasteiger partial charge in [0.05, 0.1) is 12.2 Å². The van der Waals surface area contributed by atoms with Gasteiger partial charge in [-0.25, -0.2) is 0 Å². The number of halogens is 3. The van der Waals surface area contributed by atoms with E-state index in [1.165, 1.54) is 7.11 Å². The average molecular weight is 184 g/mol. The van der Waals surface area contributed by atoms with Crippen molar-refractivity contribution >= 4 is 0 Å². The van der Waals surface area contributed by atoms with Crippen LogP contribution < -0.4 is 0 Å². The third-order valence-electron chi connectivity index (χ3n) is 1.98. The number of hydrogen-bond donors (Lipinski definition) is 0. The monoisotopic (exact) mass is 184 g/mol.